The second kappa shape index (κ2) is 7.86. The van der Waals surface area contributed by atoms with Gasteiger partial charge in [0, 0.05) is 18.1 Å². The molecule has 7 heteroatoms. The van der Waals surface area contributed by atoms with Gasteiger partial charge in [0.25, 0.3) is 5.91 Å². The minimum absolute atomic E-state index is 0. The molecule has 1 fully saturated rings. The maximum atomic E-state index is 12.5. The smallest absolute Gasteiger partial charge is 0.263 e. The van der Waals surface area contributed by atoms with Crippen LogP contribution in [0.5, 0.6) is 5.75 Å². The molecule has 22 heavy (non-hydrogen) atoms. The SMILES string of the molecule is CC(Oc1ccc(Cl)cc1Br)C(=O)N1CCC(C)(CN)C1.Cl. The minimum Gasteiger partial charge on any atom is -0.480 e. The van der Waals surface area contributed by atoms with E-state index in [1.807, 2.05) is 4.90 Å². The van der Waals surface area contributed by atoms with E-state index in [0.29, 0.717) is 23.9 Å². The highest BCUT2D eigenvalue weighted by Crippen LogP contribution is 2.31. The molecule has 2 atom stereocenters. The summed E-state index contributed by atoms with van der Waals surface area (Å²) < 4.78 is 6.49. The predicted octanol–water partition coefficient (Wildman–Crippen LogP) is 3.49. The van der Waals surface area contributed by atoms with E-state index in [2.05, 4.69) is 22.9 Å². The lowest BCUT2D eigenvalue weighted by molar-refractivity contribution is -0.137. The van der Waals surface area contributed by atoms with Crippen molar-refractivity contribution < 1.29 is 9.53 Å². The summed E-state index contributed by atoms with van der Waals surface area (Å²) in [6.45, 7) is 5.90. The van der Waals surface area contributed by atoms with E-state index in [0.717, 1.165) is 17.4 Å². The van der Waals surface area contributed by atoms with Crippen molar-refractivity contribution in [1.29, 1.82) is 0 Å². The molecule has 1 aromatic rings. The van der Waals surface area contributed by atoms with Gasteiger partial charge in [-0.3, -0.25) is 4.79 Å². The highest BCUT2D eigenvalue weighted by Gasteiger charge is 2.36. The maximum absolute atomic E-state index is 12.5. The molecule has 0 spiro atoms. The summed E-state index contributed by atoms with van der Waals surface area (Å²) in [5, 5.41) is 0.617. The largest absolute Gasteiger partial charge is 0.480 e. The van der Waals surface area contributed by atoms with Gasteiger partial charge < -0.3 is 15.4 Å². The molecule has 1 aliphatic rings. The van der Waals surface area contributed by atoms with Crippen molar-refractivity contribution in [3.8, 4) is 5.75 Å². The average Bonchev–Trinajstić information content (AvgIpc) is 2.84. The molecule has 1 aromatic carbocycles. The molecule has 0 aliphatic carbocycles. The monoisotopic (exact) mass is 410 g/mol. The highest BCUT2D eigenvalue weighted by molar-refractivity contribution is 9.10. The van der Waals surface area contributed by atoms with E-state index < -0.39 is 6.10 Å². The Hall–Kier alpha value is -0.490. The number of benzene rings is 1. The topological polar surface area (TPSA) is 55.6 Å². The van der Waals surface area contributed by atoms with Crippen LogP contribution in [-0.4, -0.2) is 36.5 Å². The Kier molecular flexibility index (Phi) is 6.99. The van der Waals surface area contributed by atoms with E-state index in [4.69, 9.17) is 22.1 Å². The number of carbonyl (C=O) groups excluding carboxylic acids is 1. The van der Waals surface area contributed by atoms with Crippen molar-refractivity contribution in [2.75, 3.05) is 19.6 Å². The van der Waals surface area contributed by atoms with Crippen molar-refractivity contribution in [3.05, 3.63) is 27.7 Å². The Balaban J connectivity index is 0.00000242. The molecule has 0 radical (unpaired) electrons. The van der Waals surface area contributed by atoms with Crippen LogP contribution in [0.4, 0.5) is 0 Å². The van der Waals surface area contributed by atoms with Gasteiger partial charge in [-0.25, -0.2) is 0 Å². The Bertz CT molecular complexity index is 544. The first-order valence-electron chi connectivity index (χ1n) is 6.95. The van der Waals surface area contributed by atoms with Crippen molar-refractivity contribution in [3.63, 3.8) is 0 Å². The fraction of sp³-hybridized carbons (Fsp3) is 0.533. The number of carbonyl (C=O) groups is 1. The van der Waals surface area contributed by atoms with E-state index >= 15 is 0 Å². The van der Waals surface area contributed by atoms with Gasteiger partial charge in [0.15, 0.2) is 6.10 Å². The van der Waals surface area contributed by atoms with Gasteiger partial charge in [0.05, 0.1) is 4.47 Å². The maximum Gasteiger partial charge on any atom is 0.263 e. The van der Waals surface area contributed by atoms with Gasteiger partial charge in [0.2, 0.25) is 0 Å². The number of ether oxygens (including phenoxy) is 1. The molecule has 1 heterocycles. The molecule has 1 amide bonds. The number of hydrogen-bond donors (Lipinski definition) is 1. The first-order valence-corrected chi connectivity index (χ1v) is 8.12. The summed E-state index contributed by atoms with van der Waals surface area (Å²) in [4.78, 5) is 14.3. The number of nitrogens with zero attached hydrogens (tertiary/aromatic N) is 1. The lowest BCUT2D eigenvalue weighted by atomic mass is 9.90. The molecule has 2 unspecified atom stereocenters. The molecular formula is C15H21BrCl2N2O2. The van der Waals surface area contributed by atoms with Gasteiger partial charge in [-0.05, 0) is 59.4 Å². The Morgan fingerprint density at radius 1 is 1.59 bits per heavy atom. The molecule has 0 saturated carbocycles. The normalized spacial score (nSPS) is 22.1. The van der Waals surface area contributed by atoms with E-state index in [9.17, 15) is 4.79 Å². The van der Waals surface area contributed by atoms with Gasteiger partial charge in [-0.15, -0.1) is 12.4 Å². The molecule has 2 N–H and O–H groups in total. The number of amides is 1. The third kappa shape index (κ3) is 4.51. The van der Waals surface area contributed by atoms with Crippen LogP contribution in [0.15, 0.2) is 22.7 Å². The quantitative estimate of drug-likeness (QED) is 0.824. The molecule has 0 aromatic heterocycles. The summed E-state index contributed by atoms with van der Waals surface area (Å²) in [5.74, 6) is 0.607. The van der Waals surface area contributed by atoms with Gasteiger partial charge >= 0.3 is 0 Å². The van der Waals surface area contributed by atoms with Crippen LogP contribution < -0.4 is 10.5 Å². The summed E-state index contributed by atoms with van der Waals surface area (Å²) in [7, 11) is 0. The van der Waals surface area contributed by atoms with Crippen LogP contribution in [0.25, 0.3) is 0 Å². The van der Waals surface area contributed by atoms with E-state index in [1.165, 1.54) is 0 Å². The summed E-state index contributed by atoms with van der Waals surface area (Å²) in [6.07, 6.45) is 0.398. The fourth-order valence-electron chi connectivity index (χ4n) is 2.45. The third-order valence-electron chi connectivity index (χ3n) is 3.91. The van der Waals surface area contributed by atoms with Crippen LogP contribution >= 0.6 is 39.9 Å². The minimum atomic E-state index is -0.539. The van der Waals surface area contributed by atoms with Crippen LogP contribution in [-0.2, 0) is 4.79 Å². The first-order chi connectivity index (χ1) is 9.84. The van der Waals surface area contributed by atoms with E-state index in [1.54, 1.807) is 25.1 Å². The predicted molar refractivity (Wildman–Crippen MR) is 94.8 cm³/mol. The van der Waals surface area contributed by atoms with Crippen molar-refractivity contribution in [2.45, 2.75) is 26.4 Å². The van der Waals surface area contributed by atoms with Gasteiger partial charge in [-0.2, -0.15) is 0 Å². The Morgan fingerprint density at radius 2 is 2.27 bits per heavy atom. The van der Waals surface area contributed by atoms with Crippen LogP contribution in [0.2, 0.25) is 5.02 Å². The second-order valence-corrected chi connectivity index (χ2v) is 7.15. The van der Waals surface area contributed by atoms with Crippen LogP contribution in [0, 0.1) is 5.41 Å². The molecule has 1 aliphatic heterocycles. The van der Waals surface area contributed by atoms with Gasteiger partial charge in [-0.1, -0.05) is 18.5 Å². The summed E-state index contributed by atoms with van der Waals surface area (Å²) >= 11 is 9.28. The van der Waals surface area contributed by atoms with Crippen LogP contribution in [0.3, 0.4) is 0 Å². The van der Waals surface area contributed by atoms with Crippen LogP contribution in [0.1, 0.15) is 20.3 Å². The highest BCUT2D eigenvalue weighted by atomic mass is 79.9. The molecular weight excluding hydrogens is 391 g/mol. The van der Waals surface area contributed by atoms with Crippen molar-refractivity contribution in [1.82, 2.24) is 4.90 Å². The molecule has 1 saturated heterocycles. The number of rotatable bonds is 4. The lowest BCUT2D eigenvalue weighted by Gasteiger charge is -2.25. The molecule has 124 valence electrons. The molecule has 0 bridgehead atoms. The standard InChI is InChI=1S/C15H20BrClN2O2.ClH/c1-10(21-13-4-3-11(17)7-12(13)16)14(20)19-6-5-15(2,8-18)9-19;/h3-4,7,10H,5-6,8-9,18H2,1-2H3;1H. The number of nitrogens with two attached hydrogens (primary N) is 1. The Labute approximate surface area is 150 Å². The lowest BCUT2D eigenvalue weighted by Crippen LogP contribution is -2.41. The molecule has 2 rings (SSSR count). The summed E-state index contributed by atoms with van der Waals surface area (Å²) in [6, 6.07) is 5.24. The first kappa shape index (κ1) is 19.6. The number of likely N-dealkylation sites (tertiary alicyclic amines) is 1. The van der Waals surface area contributed by atoms with Gasteiger partial charge in [0.1, 0.15) is 5.75 Å². The Morgan fingerprint density at radius 3 is 2.82 bits per heavy atom. The van der Waals surface area contributed by atoms with E-state index in [-0.39, 0.29) is 23.7 Å². The zero-order chi connectivity index (χ0) is 15.6. The molecule has 4 nitrogen and oxygen atoms in total. The summed E-state index contributed by atoms with van der Waals surface area (Å²) in [5.41, 5.74) is 5.80. The second-order valence-electron chi connectivity index (χ2n) is 5.86. The average molecular weight is 412 g/mol. The number of hydrogen-bond acceptors (Lipinski definition) is 3. The van der Waals surface area contributed by atoms with Crippen molar-refractivity contribution >= 4 is 45.8 Å². The number of halogens is 3. The zero-order valence-corrected chi connectivity index (χ0v) is 15.8. The fourth-order valence-corrected chi connectivity index (χ4v) is 3.22. The third-order valence-corrected chi connectivity index (χ3v) is 4.76. The van der Waals surface area contributed by atoms with Crippen molar-refractivity contribution in [2.24, 2.45) is 11.1 Å². The zero-order valence-electron chi connectivity index (χ0n) is 12.6.